The van der Waals surface area contributed by atoms with Gasteiger partial charge >= 0.3 is 0 Å². The van der Waals surface area contributed by atoms with Crippen LogP contribution < -0.4 is 9.80 Å². The molecule has 1 aliphatic rings. The normalized spacial score (nSPS) is 15.5. The zero-order chi connectivity index (χ0) is 14.9. The van der Waals surface area contributed by atoms with Crippen LogP contribution in [-0.4, -0.2) is 41.1 Å². The fourth-order valence-corrected chi connectivity index (χ4v) is 3.23. The van der Waals surface area contributed by atoms with Crippen LogP contribution in [0, 0.1) is 0 Å². The van der Waals surface area contributed by atoms with Gasteiger partial charge in [0.25, 0.3) is 0 Å². The van der Waals surface area contributed by atoms with Crippen molar-refractivity contribution in [1.29, 1.82) is 0 Å². The molecule has 0 saturated carbocycles. The summed E-state index contributed by atoms with van der Waals surface area (Å²) in [5, 5.41) is 1.89. The Morgan fingerprint density at radius 2 is 1.73 bits per heavy atom. The lowest BCUT2D eigenvalue weighted by molar-refractivity contribution is 0.649. The van der Waals surface area contributed by atoms with Gasteiger partial charge in [0.1, 0.15) is 17.8 Å². The monoisotopic (exact) mass is 313 g/mol. The van der Waals surface area contributed by atoms with Crippen molar-refractivity contribution in [2.24, 2.45) is 0 Å². The molecule has 0 aliphatic carbocycles. The first kappa shape index (κ1) is 13.4. The number of piperazine rings is 1. The second-order valence-electron chi connectivity index (χ2n) is 5.36. The number of aromatic nitrogens is 3. The molecule has 5 nitrogen and oxygen atoms in total. The Kier molecular flexibility index (Phi) is 3.35. The minimum atomic E-state index is 0.811. The average Bonchev–Trinajstić information content (AvgIpc) is 3.04. The van der Waals surface area contributed by atoms with Crippen molar-refractivity contribution in [3.05, 3.63) is 47.9 Å². The maximum atomic E-state index is 6.29. The van der Waals surface area contributed by atoms with Crippen LogP contribution in [0.5, 0.6) is 0 Å². The van der Waals surface area contributed by atoms with Gasteiger partial charge in [0, 0.05) is 32.4 Å². The molecule has 1 saturated heterocycles. The number of halogens is 1. The van der Waals surface area contributed by atoms with Gasteiger partial charge in [-0.2, -0.15) is 0 Å². The van der Waals surface area contributed by atoms with E-state index in [-0.39, 0.29) is 0 Å². The molecular weight excluding hydrogens is 298 g/mol. The quantitative estimate of drug-likeness (QED) is 0.790. The SMILES string of the molecule is Clc1ccccc1N1CCN(c2ncnc3[nH]ccc23)CC1. The third kappa shape index (κ3) is 2.27. The molecule has 6 heteroatoms. The molecule has 0 radical (unpaired) electrons. The predicted molar refractivity (Wildman–Crippen MR) is 89.8 cm³/mol. The molecule has 2 aromatic heterocycles. The number of H-pyrrole nitrogens is 1. The Hall–Kier alpha value is -2.27. The van der Waals surface area contributed by atoms with E-state index in [1.54, 1.807) is 6.33 Å². The summed E-state index contributed by atoms with van der Waals surface area (Å²) in [6.07, 6.45) is 3.53. The lowest BCUT2D eigenvalue weighted by atomic mass is 10.2. The summed E-state index contributed by atoms with van der Waals surface area (Å²) < 4.78 is 0. The van der Waals surface area contributed by atoms with Crippen molar-refractivity contribution in [2.75, 3.05) is 36.0 Å². The highest BCUT2D eigenvalue weighted by Crippen LogP contribution is 2.28. The van der Waals surface area contributed by atoms with Gasteiger partial charge in [-0.15, -0.1) is 0 Å². The number of anilines is 2. The van der Waals surface area contributed by atoms with Crippen molar-refractivity contribution in [2.45, 2.75) is 0 Å². The zero-order valence-corrected chi connectivity index (χ0v) is 12.8. The molecule has 3 aromatic rings. The molecule has 0 atom stereocenters. The van der Waals surface area contributed by atoms with E-state index in [0.717, 1.165) is 53.7 Å². The van der Waals surface area contributed by atoms with Gasteiger partial charge in [0.05, 0.1) is 16.1 Å². The highest BCUT2D eigenvalue weighted by molar-refractivity contribution is 6.33. The highest BCUT2D eigenvalue weighted by atomic mass is 35.5. The molecule has 112 valence electrons. The van der Waals surface area contributed by atoms with Crippen LogP contribution in [0.4, 0.5) is 11.5 Å². The van der Waals surface area contributed by atoms with E-state index in [1.807, 2.05) is 30.5 Å². The average molecular weight is 314 g/mol. The lowest BCUT2D eigenvalue weighted by Crippen LogP contribution is -2.47. The van der Waals surface area contributed by atoms with Crippen LogP contribution >= 0.6 is 11.6 Å². The standard InChI is InChI=1S/C16H16ClN5/c17-13-3-1-2-4-14(13)21-7-9-22(10-8-21)16-12-5-6-18-15(12)19-11-20-16/h1-6,11H,7-10H2,(H,18,19,20). The Morgan fingerprint density at radius 3 is 2.55 bits per heavy atom. The molecule has 0 amide bonds. The molecular formula is C16H16ClN5. The summed E-state index contributed by atoms with van der Waals surface area (Å²) in [5.41, 5.74) is 2.00. The summed E-state index contributed by atoms with van der Waals surface area (Å²) in [7, 11) is 0. The van der Waals surface area contributed by atoms with Crippen LogP contribution in [0.15, 0.2) is 42.9 Å². The molecule has 22 heavy (non-hydrogen) atoms. The lowest BCUT2D eigenvalue weighted by Gasteiger charge is -2.37. The van der Waals surface area contributed by atoms with E-state index < -0.39 is 0 Å². The first-order valence-electron chi connectivity index (χ1n) is 7.35. The van der Waals surface area contributed by atoms with E-state index in [4.69, 9.17) is 11.6 Å². The van der Waals surface area contributed by atoms with Gasteiger partial charge in [-0.25, -0.2) is 9.97 Å². The van der Waals surface area contributed by atoms with E-state index in [0.29, 0.717) is 0 Å². The van der Waals surface area contributed by atoms with E-state index in [1.165, 1.54) is 0 Å². The van der Waals surface area contributed by atoms with Crippen LogP contribution in [-0.2, 0) is 0 Å². The number of para-hydroxylation sites is 1. The third-order valence-electron chi connectivity index (χ3n) is 4.11. The maximum Gasteiger partial charge on any atom is 0.142 e. The smallest absolute Gasteiger partial charge is 0.142 e. The number of nitrogens with zero attached hydrogens (tertiary/aromatic N) is 4. The van der Waals surface area contributed by atoms with Crippen LogP contribution in [0.1, 0.15) is 0 Å². The van der Waals surface area contributed by atoms with Crippen LogP contribution in [0.25, 0.3) is 11.0 Å². The second-order valence-corrected chi connectivity index (χ2v) is 5.77. The number of nitrogens with one attached hydrogen (secondary N) is 1. The third-order valence-corrected chi connectivity index (χ3v) is 4.42. The first-order valence-corrected chi connectivity index (χ1v) is 7.73. The summed E-state index contributed by atoms with van der Waals surface area (Å²) in [6.45, 7) is 3.70. The molecule has 3 heterocycles. The summed E-state index contributed by atoms with van der Waals surface area (Å²) in [4.78, 5) is 16.5. The summed E-state index contributed by atoms with van der Waals surface area (Å²) in [6, 6.07) is 10.0. The first-order chi connectivity index (χ1) is 10.8. The minimum absolute atomic E-state index is 0.811. The Balaban J connectivity index is 1.55. The number of rotatable bonds is 2. The van der Waals surface area contributed by atoms with Crippen molar-refractivity contribution < 1.29 is 0 Å². The van der Waals surface area contributed by atoms with Crippen molar-refractivity contribution in [3.8, 4) is 0 Å². The second kappa shape index (κ2) is 5.50. The van der Waals surface area contributed by atoms with Crippen molar-refractivity contribution >= 4 is 34.1 Å². The molecule has 0 unspecified atom stereocenters. The Bertz CT molecular complexity index is 792. The van der Waals surface area contributed by atoms with Gasteiger partial charge < -0.3 is 14.8 Å². The number of hydrogen-bond acceptors (Lipinski definition) is 4. The van der Waals surface area contributed by atoms with Crippen LogP contribution in [0.2, 0.25) is 5.02 Å². The maximum absolute atomic E-state index is 6.29. The van der Waals surface area contributed by atoms with Crippen molar-refractivity contribution in [1.82, 2.24) is 15.0 Å². The summed E-state index contributed by atoms with van der Waals surface area (Å²) in [5.74, 6) is 1.00. The topological polar surface area (TPSA) is 48.1 Å². The predicted octanol–water partition coefficient (Wildman–Crippen LogP) is 2.94. The molecule has 1 fully saturated rings. The van der Waals surface area contributed by atoms with E-state index in [2.05, 4.69) is 30.8 Å². The summed E-state index contributed by atoms with van der Waals surface area (Å²) >= 11 is 6.29. The fourth-order valence-electron chi connectivity index (χ4n) is 2.98. The molecule has 4 rings (SSSR count). The Labute approximate surface area is 133 Å². The molecule has 0 bridgehead atoms. The number of fused-ring (bicyclic) bond motifs is 1. The van der Waals surface area contributed by atoms with E-state index >= 15 is 0 Å². The van der Waals surface area contributed by atoms with Gasteiger partial charge in [-0.1, -0.05) is 23.7 Å². The zero-order valence-electron chi connectivity index (χ0n) is 12.0. The van der Waals surface area contributed by atoms with Gasteiger partial charge in [0.2, 0.25) is 0 Å². The Morgan fingerprint density at radius 1 is 0.955 bits per heavy atom. The highest BCUT2D eigenvalue weighted by Gasteiger charge is 2.21. The van der Waals surface area contributed by atoms with Gasteiger partial charge in [-0.3, -0.25) is 0 Å². The van der Waals surface area contributed by atoms with Crippen LogP contribution in [0.3, 0.4) is 0 Å². The van der Waals surface area contributed by atoms with Gasteiger partial charge in [-0.05, 0) is 18.2 Å². The minimum Gasteiger partial charge on any atom is -0.367 e. The number of hydrogen-bond donors (Lipinski definition) is 1. The van der Waals surface area contributed by atoms with Gasteiger partial charge in [0.15, 0.2) is 0 Å². The van der Waals surface area contributed by atoms with Crippen molar-refractivity contribution in [3.63, 3.8) is 0 Å². The fraction of sp³-hybridized carbons (Fsp3) is 0.250. The molecule has 1 N–H and O–H groups in total. The largest absolute Gasteiger partial charge is 0.367 e. The number of aromatic amines is 1. The number of benzene rings is 1. The molecule has 0 spiro atoms. The molecule has 1 aromatic carbocycles. The van der Waals surface area contributed by atoms with E-state index in [9.17, 15) is 0 Å². The molecule has 1 aliphatic heterocycles.